The minimum absolute atomic E-state index is 0.0598. The van der Waals surface area contributed by atoms with E-state index in [2.05, 4.69) is 5.43 Å². The van der Waals surface area contributed by atoms with Gasteiger partial charge in [0.05, 0.1) is 12.3 Å². The van der Waals surface area contributed by atoms with Gasteiger partial charge in [-0.3, -0.25) is 15.0 Å². The van der Waals surface area contributed by atoms with E-state index < -0.39 is 11.8 Å². The number of carbonyl (C=O) groups excluding carboxylic acids is 2. The van der Waals surface area contributed by atoms with Crippen molar-refractivity contribution >= 4 is 23.6 Å². The smallest absolute Gasteiger partial charge is 0.282 e. The summed E-state index contributed by atoms with van der Waals surface area (Å²) >= 11 is 0. The molecule has 2 amide bonds. The molecular weight excluding hydrogens is 404 g/mol. The predicted molar refractivity (Wildman–Crippen MR) is 123 cm³/mol. The third-order valence-corrected chi connectivity index (χ3v) is 5.00. The molecule has 1 fully saturated rings. The zero-order chi connectivity index (χ0) is 22.5. The van der Waals surface area contributed by atoms with Crippen molar-refractivity contribution < 1.29 is 19.1 Å². The Hall–Kier alpha value is -4.06. The number of nitrogens with one attached hydrogen (secondary N) is 1. The number of amides is 2. The van der Waals surface area contributed by atoms with Crippen LogP contribution in [0, 0.1) is 6.92 Å². The fourth-order valence-corrected chi connectivity index (χ4v) is 3.33. The summed E-state index contributed by atoms with van der Waals surface area (Å²) in [6.45, 7) is 4.80. The molecule has 0 atom stereocenters. The average Bonchev–Trinajstić information content (AvgIpc) is 3.09. The van der Waals surface area contributed by atoms with Crippen LogP contribution in [-0.4, -0.2) is 18.4 Å². The third kappa shape index (κ3) is 4.64. The van der Waals surface area contributed by atoms with Gasteiger partial charge in [0.15, 0.2) is 11.5 Å². The number of benzene rings is 3. The van der Waals surface area contributed by atoms with Gasteiger partial charge in [0.25, 0.3) is 11.8 Å². The first-order valence-electron chi connectivity index (χ1n) is 10.4. The molecule has 1 N–H and O–H groups in total. The summed E-state index contributed by atoms with van der Waals surface area (Å²) in [7, 11) is 0. The molecule has 3 aromatic rings. The number of anilines is 1. The fraction of sp³-hybridized carbons (Fsp3) is 0.154. The number of hydrogen-bond acceptors (Lipinski definition) is 4. The van der Waals surface area contributed by atoms with Gasteiger partial charge in [0, 0.05) is 0 Å². The lowest BCUT2D eigenvalue weighted by atomic mass is 10.1. The van der Waals surface area contributed by atoms with Crippen LogP contribution < -0.4 is 19.9 Å². The van der Waals surface area contributed by atoms with Gasteiger partial charge in [-0.2, -0.15) is 0 Å². The monoisotopic (exact) mass is 428 g/mol. The van der Waals surface area contributed by atoms with Gasteiger partial charge in [0.2, 0.25) is 0 Å². The van der Waals surface area contributed by atoms with Crippen LogP contribution in [0.1, 0.15) is 23.6 Å². The Balaban J connectivity index is 1.55. The molecule has 0 bridgehead atoms. The summed E-state index contributed by atoms with van der Waals surface area (Å²) in [4.78, 5) is 25.2. The molecule has 0 aliphatic carbocycles. The van der Waals surface area contributed by atoms with Crippen molar-refractivity contribution in [3.05, 3.63) is 95.1 Å². The Morgan fingerprint density at radius 1 is 0.906 bits per heavy atom. The standard InChI is InChI=1S/C26H24N2O4/c1-3-31-24-16-20(13-14-23(24)32-17-19-11-9-18(2)10-12-19)15-22-25(29)27-28(26(22)30)21-7-5-4-6-8-21/h4-16H,3,17H2,1-2H3,(H,27,29)/b22-15-. The molecule has 0 radical (unpaired) electrons. The molecule has 3 aromatic carbocycles. The topological polar surface area (TPSA) is 67.9 Å². The number of hydrogen-bond donors (Lipinski definition) is 1. The van der Waals surface area contributed by atoms with Crippen molar-refractivity contribution in [1.82, 2.24) is 5.43 Å². The molecule has 1 heterocycles. The van der Waals surface area contributed by atoms with Crippen LogP contribution in [0.15, 0.2) is 78.4 Å². The number of para-hydroxylation sites is 1. The van der Waals surface area contributed by atoms with Crippen LogP contribution in [-0.2, 0) is 16.2 Å². The lowest BCUT2D eigenvalue weighted by molar-refractivity contribution is -0.117. The second-order valence-electron chi connectivity index (χ2n) is 7.39. The molecule has 1 saturated heterocycles. The molecule has 0 aromatic heterocycles. The Labute approximate surface area is 187 Å². The summed E-state index contributed by atoms with van der Waals surface area (Å²) in [6, 6.07) is 22.5. The molecule has 0 spiro atoms. The Morgan fingerprint density at radius 3 is 2.38 bits per heavy atom. The molecule has 6 heteroatoms. The van der Waals surface area contributed by atoms with Crippen LogP contribution in [0.5, 0.6) is 11.5 Å². The number of hydrazine groups is 1. The maximum Gasteiger partial charge on any atom is 0.282 e. The van der Waals surface area contributed by atoms with Gasteiger partial charge in [-0.05, 0) is 55.3 Å². The van der Waals surface area contributed by atoms with E-state index in [0.29, 0.717) is 36.0 Å². The Bertz CT molecular complexity index is 1150. The van der Waals surface area contributed by atoms with Crippen LogP contribution in [0.2, 0.25) is 0 Å². The van der Waals surface area contributed by atoms with E-state index in [1.165, 1.54) is 10.6 Å². The minimum Gasteiger partial charge on any atom is -0.490 e. The molecule has 1 aliphatic heterocycles. The van der Waals surface area contributed by atoms with E-state index in [1.54, 1.807) is 48.5 Å². The molecule has 0 unspecified atom stereocenters. The number of carbonyl (C=O) groups is 2. The quantitative estimate of drug-likeness (QED) is 0.446. The van der Waals surface area contributed by atoms with Gasteiger partial charge in [-0.15, -0.1) is 0 Å². The van der Waals surface area contributed by atoms with E-state index >= 15 is 0 Å². The second kappa shape index (κ2) is 9.39. The van der Waals surface area contributed by atoms with Gasteiger partial charge >= 0.3 is 0 Å². The lowest BCUT2D eigenvalue weighted by Crippen LogP contribution is -2.35. The van der Waals surface area contributed by atoms with Gasteiger partial charge in [-0.1, -0.05) is 54.1 Å². The molecule has 162 valence electrons. The summed E-state index contributed by atoms with van der Waals surface area (Å²) in [5.74, 6) is 0.304. The van der Waals surface area contributed by atoms with E-state index in [-0.39, 0.29) is 5.57 Å². The average molecular weight is 428 g/mol. The van der Waals surface area contributed by atoms with Crippen molar-refractivity contribution in [2.75, 3.05) is 11.6 Å². The fourth-order valence-electron chi connectivity index (χ4n) is 3.33. The molecule has 32 heavy (non-hydrogen) atoms. The van der Waals surface area contributed by atoms with E-state index in [1.807, 2.05) is 44.2 Å². The van der Waals surface area contributed by atoms with E-state index in [4.69, 9.17) is 9.47 Å². The zero-order valence-electron chi connectivity index (χ0n) is 18.0. The molecular formula is C26H24N2O4. The summed E-state index contributed by atoms with van der Waals surface area (Å²) in [5, 5.41) is 1.25. The normalized spacial score (nSPS) is 14.6. The predicted octanol–water partition coefficient (Wildman–Crippen LogP) is 4.43. The van der Waals surface area contributed by atoms with Crippen molar-refractivity contribution in [1.29, 1.82) is 0 Å². The Morgan fingerprint density at radius 2 is 1.66 bits per heavy atom. The van der Waals surface area contributed by atoms with Crippen molar-refractivity contribution in [3.8, 4) is 11.5 Å². The zero-order valence-corrected chi connectivity index (χ0v) is 18.0. The number of aryl methyl sites for hydroxylation is 1. The lowest BCUT2D eigenvalue weighted by Gasteiger charge is -2.14. The van der Waals surface area contributed by atoms with Gasteiger partial charge < -0.3 is 9.47 Å². The first kappa shape index (κ1) is 21.2. The number of nitrogens with zero attached hydrogens (tertiary/aromatic N) is 1. The van der Waals surface area contributed by atoms with Crippen molar-refractivity contribution in [2.24, 2.45) is 0 Å². The van der Waals surface area contributed by atoms with E-state index in [9.17, 15) is 9.59 Å². The highest BCUT2D eigenvalue weighted by molar-refractivity contribution is 6.31. The van der Waals surface area contributed by atoms with Crippen molar-refractivity contribution in [2.45, 2.75) is 20.5 Å². The van der Waals surface area contributed by atoms with E-state index in [0.717, 1.165) is 5.56 Å². The minimum atomic E-state index is -0.448. The molecule has 6 nitrogen and oxygen atoms in total. The first-order valence-corrected chi connectivity index (χ1v) is 10.4. The summed E-state index contributed by atoms with van der Waals surface area (Å²) in [6.07, 6.45) is 1.56. The maximum absolute atomic E-state index is 12.8. The highest BCUT2D eigenvalue weighted by Gasteiger charge is 2.34. The maximum atomic E-state index is 12.8. The first-order chi connectivity index (χ1) is 15.5. The number of ether oxygens (including phenoxy) is 2. The highest BCUT2D eigenvalue weighted by Crippen LogP contribution is 2.31. The Kier molecular flexibility index (Phi) is 6.22. The van der Waals surface area contributed by atoms with Gasteiger partial charge in [0.1, 0.15) is 12.2 Å². The number of rotatable bonds is 7. The van der Waals surface area contributed by atoms with Crippen LogP contribution in [0.4, 0.5) is 5.69 Å². The molecule has 4 rings (SSSR count). The largest absolute Gasteiger partial charge is 0.490 e. The third-order valence-electron chi connectivity index (χ3n) is 5.00. The highest BCUT2D eigenvalue weighted by atomic mass is 16.5. The van der Waals surface area contributed by atoms with Crippen LogP contribution >= 0.6 is 0 Å². The SMILES string of the molecule is CCOc1cc(/C=C2/C(=O)NN(c3ccccc3)C2=O)ccc1OCc1ccc(C)cc1. The summed E-state index contributed by atoms with van der Waals surface area (Å²) in [5.41, 5.74) is 6.18. The second-order valence-corrected chi connectivity index (χ2v) is 7.39. The van der Waals surface area contributed by atoms with Gasteiger partial charge in [-0.25, -0.2) is 5.01 Å². The van der Waals surface area contributed by atoms with Crippen LogP contribution in [0.3, 0.4) is 0 Å². The van der Waals surface area contributed by atoms with Crippen LogP contribution in [0.25, 0.3) is 6.08 Å². The molecule has 1 aliphatic rings. The summed E-state index contributed by atoms with van der Waals surface area (Å²) < 4.78 is 11.7. The molecule has 0 saturated carbocycles. The van der Waals surface area contributed by atoms with Crippen molar-refractivity contribution in [3.63, 3.8) is 0 Å².